The van der Waals surface area contributed by atoms with Crippen LogP contribution in [0.4, 0.5) is 0 Å². The molecule has 2 unspecified atom stereocenters. The Hall–Kier alpha value is -1.35. The maximum atomic E-state index is 14.2. The van der Waals surface area contributed by atoms with Crippen LogP contribution in [-0.2, 0) is 61.3 Å². The van der Waals surface area contributed by atoms with Crippen LogP contribution in [0.25, 0.3) is 0 Å². The van der Waals surface area contributed by atoms with E-state index in [0.29, 0.717) is 25.7 Å². The molecule has 528 valence electrons. The van der Waals surface area contributed by atoms with Gasteiger partial charge in [-0.25, -0.2) is 9.36 Å². The van der Waals surface area contributed by atoms with Gasteiger partial charge in [-0.05, 0) is 32.1 Å². The second kappa shape index (κ2) is 56.9. The molecule has 2 saturated heterocycles. The number of amides is 1. The Balaban J connectivity index is 2.40. The number of carbonyl (C=O) groups excluding carboxylic acids is 1. The minimum atomic E-state index is -5.21. The lowest BCUT2D eigenvalue weighted by molar-refractivity contribution is -0.330. The van der Waals surface area contributed by atoms with Crippen LogP contribution in [0.2, 0.25) is 0 Å². The molecule has 2 rings (SSSR count). The van der Waals surface area contributed by atoms with Gasteiger partial charge in [0, 0.05) is 40.4 Å². The molecule has 0 aliphatic carbocycles. The number of hydrogen-bond acceptors (Lipinski definition) is 14. The second-order valence-electron chi connectivity index (χ2n) is 25.7. The Morgan fingerprint density at radius 1 is 0.483 bits per heavy atom. The Morgan fingerprint density at radius 2 is 0.921 bits per heavy atom. The van der Waals surface area contributed by atoms with Crippen molar-refractivity contribution in [2.75, 3.05) is 53.8 Å². The third-order valence-electron chi connectivity index (χ3n) is 17.7. The molecular formula is C70H136NO17P. The van der Waals surface area contributed by atoms with Gasteiger partial charge in [0.05, 0.1) is 20.7 Å². The fourth-order valence-corrected chi connectivity index (χ4v) is 12.9. The summed E-state index contributed by atoms with van der Waals surface area (Å²) in [6.07, 6.45) is 36.8. The number of methoxy groups -OCH3 is 2. The number of carboxylic acid groups (broad SMARTS) is 1. The molecule has 0 radical (unpaired) electrons. The number of phosphoric acid groups is 1. The van der Waals surface area contributed by atoms with Crippen molar-refractivity contribution in [1.29, 1.82) is 0 Å². The molecule has 0 aromatic carbocycles. The van der Waals surface area contributed by atoms with Crippen molar-refractivity contribution >= 4 is 19.7 Å². The van der Waals surface area contributed by atoms with Crippen molar-refractivity contribution in [3.63, 3.8) is 0 Å². The highest BCUT2D eigenvalue weighted by molar-refractivity contribution is 7.46. The number of phosphoric ester groups is 1. The van der Waals surface area contributed by atoms with Crippen LogP contribution in [0.15, 0.2) is 0 Å². The van der Waals surface area contributed by atoms with Gasteiger partial charge in [0.15, 0.2) is 12.6 Å². The van der Waals surface area contributed by atoms with Crippen LogP contribution >= 0.6 is 7.82 Å². The molecule has 2 fully saturated rings. The van der Waals surface area contributed by atoms with Crippen LogP contribution in [0.5, 0.6) is 0 Å². The molecule has 0 aromatic heterocycles. The van der Waals surface area contributed by atoms with Gasteiger partial charge in [0.1, 0.15) is 55.4 Å². The topological polar surface area (TPSA) is 236 Å². The number of unbranched alkanes of at least 4 members (excludes halogenated alkanes) is 37. The molecule has 2 aliphatic rings. The molecule has 2 heterocycles. The molecule has 89 heavy (non-hydrogen) atoms. The first kappa shape index (κ1) is 81.9. The van der Waals surface area contributed by atoms with Crippen LogP contribution < -0.4 is 5.32 Å². The maximum Gasteiger partial charge on any atom is 0.470 e. The van der Waals surface area contributed by atoms with Gasteiger partial charge in [-0.15, -0.1) is 0 Å². The van der Waals surface area contributed by atoms with E-state index in [1.54, 1.807) is 7.11 Å². The van der Waals surface area contributed by atoms with Crippen LogP contribution in [0.1, 0.15) is 318 Å². The molecule has 0 spiro atoms. The van der Waals surface area contributed by atoms with Crippen molar-refractivity contribution in [3.8, 4) is 0 Å². The molecule has 19 heteroatoms. The SMILES string of the molecule is [2H]C(CCCCCCCCCCCCC)O[C@H]1C(OCC(=O)O)O[C@H](CO[C@@H]2O[C@H](COC)[C@@H](OP(=O)(O)O)[C@H](OCC[C@@H](CCCCCCC)OC)[C@H]2NC(=O)CCCCCCCCCCCCCCCCC)[C@@H](O)[C@@H]1OCCCCCCCCCCCC. The molecular weight excluding hydrogens is 1160 g/mol. The third kappa shape index (κ3) is 42.7. The molecule has 5 N–H and O–H groups in total. The second-order valence-corrected chi connectivity index (χ2v) is 26.9. The first-order valence-corrected chi connectivity index (χ1v) is 38.1. The Morgan fingerprint density at radius 3 is 1.38 bits per heavy atom. The van der Waals surface area contributed by atoms with Crippen molar-refractivity contribution in [2.24, 2.45) is 0 Å². The van der Waals surface area contributed by atoms with Crippen LogP contribution in [0.3, 0.4) is 0 Å². The van der Waals surface area contributed by atoms with E-state index in [9.17, 15) is 34.2 Å². The molecule has 2 aliphatic heterocycles. The quantitative estimate of drug-likeness (QED) is 0.0281. The van der Waals surface area contributed by atoms with Gasteiger partial charge >= 0.3 is 13.8 Å². The maximum absolute atomic E-state index is 14.2. The van der Waals surface area contributed by atoms with Crippen molar-refractivity contribution in [3.05, 3.63) is 0 Å². The summed E-state index contributed by atoms with van der Waals surface area (Å²) in [6, 6.07) is -1.22. The summed E-state index contributed by atoms with van der Waals surface area (Å²) in [4.78, 5) is 47.0. The summed E-state index contributed by atoms with van der Waals surface area (Å²) in [5.74, 6) is -1.61. The third-order valence-corrected chi connectivity index (χ3v) is 18.2. The number of aliphatic carboxylic acids is 1. The van der Waals surface area contributed by atoms with Gasteiger partial charge in [-0.1, -0.05) is 278 Å². The molecule has 0 bridgehead atoms. The van der Waals surface area contributed by atoms with Gasteiger partial charge in [0.2, 0.25) is 5.91 Å². The van der Waals surface area contributed by atoms with E-state index in [0.717, 1.165) is 109 Å². The average molecular weight is 1300 g/mol. The van der Waals surface area contributed by atoms with Gasteiger partial charge < -0.3 is 67.9 Å². The Kier molecular flexibility index (Phi) is 52.4. The molecule has 0 aromatic rings. The highest BCUT2D eigenvalue weighted by atomic mass is 31.2. The number of aliphatic hydroxyl groups excluding tert-OH is 1. The zero-order chi connectivity index (χ0) is 65.7. The summed E-state index contributed by atoms with van der Waals surface area (Å²) >= 11 is 0. The first-order chi connectivity index (χ1) is 43.7. The van der Waals surface area contributed by atoms with E-state index in [4.69, 9.17) is 48.5 Å². The zero-order valence-electron chi connectivity index (χ0n) is 58.3. The number of rotatable bonds is 64. The monoisotopic (exact) mass is 1290 g/mol. The minimum absolute atomic E-state index is 0.0692. The molecule has 0 saturated carbocycles. The van der Waals surface area contributed by atoms with E-state index in [2.05, 4.69) is 33.0 Å². The standard InChI is InChI=1S/C70H136NO17P/c1-7-11-15-19-22-25-28-30-31-32-33-35-38-42-46-50-61(72)71-63-66(83-54-51-58(80-6)49-45-41-18-14-10-4)65(88-89(76,77)78)60(55-79-5)87-69(63)84-56-59-64(75)67(81-52-47-43-39-36-27-24-21-17-13-9-3)68(70(86-59)85-57-62(73)74)82-53-48-44-40-37-34-29-26-23-20-16-12-8-2/h58-60,63-70,75H,7-57H2,1-6H3,(H,71,72)(H,73,74)(H2,76,77,78)/t58-,59-,60-,63-,64-,65-,66-,67+,68-,69-,70?/m1/s1/i53D/t53?,58-,59-,60-,63-,64-,65-,66-,67+,68-,69-,70?. The number of aliphatic hydroxyl groups is 1. The highest BCUT2D eigenvalue weighted by Gasteiger charge is 2.53. The Bertz CT molecular complexity index is 1710. The van der Waals surface area contributed by atoms with Crippen molar-refractivity contribution in [1.82, 2.24) is 5.32 Å². The van der Waals surface area contributed by atoms with Crippen molar-refractivity contribution in [2.45, 2.75) is 384 Å². The lowest BCUT2D eigenvalue weighted by Crippen LogP contribution is -2.67. The summed E-state index contributed by atoms with van der Waals surface area (Å²) in [7, 11) is -2.15. The van der Waals surface area contributed by atoms with Crippen LogP contribution in [-0.4, -0.2) is 153 Å². The molecule has 18 nitrogen and oxygen atoms in total. The van der Waals surface area contributed by atoms with Gasteiger partial charge in [-0.3, -0.25) is 9.32 Å². The Labute approximate surface area is 543 Å². The summed E-state index contributed by atoms with van der Waals surface area (Å²) in [5, 5.41) is 25.3. The predicted molar refractivity (Wildman–Crippen MR) is 354 cm³/mol. The van der Waals surface area contributed by atoms with E-state index < -0.39 is 94.9 Å². The summed E-state index contributed by atoms with van der Waals surface area (Å²) < 4.78 is 83.7. The number of carboxylic acids is 1. The number of nitrogens with one attached hydrogen (secondary N) is 1. The average Bonchev–Trinajstić information content (AvgIpc) is 0.885. The highest BCUT2D eigenvalue weighted by Crippen LogP contribution is 2.43. The smallest absolute Gasteiger partial charge is 0.470 e. The molecule has 12 atom stereocenters. The number of hydrogen-bond donors (Lipinski definition) is 5. The zero-order valence-corrected chi connectivity index (χ0v) is 58.2. The molecule has 1 amide bonds. The summed E-state index contributed by atoms with van der Waals surface area (Å²) in [5.41, 5.74) is 0. The van der Waals surface area contributed by atoms with E-state index in [1.165, 1.54) is 155 Å². The minimum Gasteiger partial charge on any atom is -0.480 e. The first-order valence-electron chi connectivity index (χ1n) is 37.1. The lowest BCUT2D eigenvalue weighted by atomic mass is 9.95. The fourth-order valence-electron chi connectivity index (χ4n) is 12.3. The lowest BCUT2D eigenvalue weighted by Gasteiger charge is -2.47. The summed E-state index contributed by atoms with van der Waals surface area (Å²) in [6.45, 7) is 6.75. The number of ether oxygens (including phenoxy) is 9. The van der Waals surface area contributed by atoms with Crippen LogP contribution in [0, 0.1) is 0 Å². The van der Waals surface area contributed by atoms with E-state index >= 15 is 0 Å². The normalized spacial score (nSPS) is 23.2. The van der Waals surface area contributed by atoms with Crippen molar-refractivity contribution < 1.29 is 82.7 Å². The predicted octanol–water partition coefficient (Wildman–Crippen LogP) is 16.3. The van der Waals surface area contributed by atoms with E-state index in [-0.39, 0.29) is 38.3 Å². The van der Waals surface area contributed by atoms with Gasteiger partial charge in [0.25, 0.3) is 0 Å². The van der Waals surface area contributed by atoms with Gasteiger partial charge in [-0.2, -0.15) is 0 Å². The van der Waals surface area contributed by atoms with E-state index in [1.807, 2.05) is 0 Å². The largest absolute Gasteiger partial charge is 0.480 e. The fraction of sp³-hybridized carbons (Fsp3) is 0.971. The number of carbonyl (C=O) groups is 2.